The fraction of sp³-hybridized carbons (Fsp3) is 0.0588. The van der Waals surface area contributed by atoms with Crippen LogP contribution in [0, 0.1) is 10.1 Å². The molecule has 0 aliphatic heterocycles. The highest BCUT2D eigenvalue weighted by Crippen LogP contribution is 2.18. The van der Waals surface area contributed by atoms with Gasteiger partial charge in [0.2, 0.25) is 0 Å². The van der Waals surface area contributed by atoms with Crippen molar-refractivity contribution in [3.05, 3.63) is 81.9 Å². The fourth-order valence-electron chi connectivity index (χ4n) is 1.99. The number of hydrogen-bond acceptors (Lipinski definition) is 8. The quantitative estimate of drug-likeness (QED) is 0.219. The molecule has 0 aliphatic carbocycles. The Bertz CT molecular complexity index is 957. The van der Waals surface area contributed by atoms with Gasteiger partial charge in [0, 0.05) is 23.7 Å². The van der Waals surface area contributed by atoms with E-state index in [9.17, 15) is 14.9 Å². The number of nitrogens with zero attached hydrogens (tertiary/aromatic N) is 4. The van der Waals surface area contributed by atoms with Crippen LogP contribution in [0.2, 0.25) is 0 Å². The minimum atomic E-state index is -0.653. The zero-order valence-corrected chi connectivity index (χ0v) is 14.6. The number of carbonyl (C=O) groups excluding carboxylic acids is 1. The van der Waals surface area contributed by atoms with E-state index in [0.717, 1.165) is 5.56 Å². The zero-order valence-electron chi connectivity index (χ0n) is 13.8. The molecule has 0 fully saturated rings. The first kappa shape index (κ1) is 18.3. The number of amides is 1. The SMILES string of the molecule is O=C(N/N=C/c1ccc([N+](=O)[O-])o1)c1ccc(CSc2ncccn2)cc1. The van der Waals surface area contributed by atoms with E-state index in [1.54, 1.807) is 30.6 Å². The van der Waals surface area contributed by atoms with E-state index in [-0.39, 0.29) is 5.76 Å². The van der Waals surface area contributed by atoms with Gasteiger partial charge in [0.15, 0.2) is 10.9 Å². The van der Waals surface area contributed by atoms with Gasteiger partial charge in [-0.3, -0.25) is 14.9 Å². The number of benzene rings is 1. The standard InChI is InChI=1S/C17H13N5O4S/c23-16(21-20-10-14-6-7-15(26-14)22(24)25)13-4-2-12(3-5-13)11-27-17-18-8-1-9-19-17/h1-10H,11H2,(H,21,23)/b20-10+. The van der Waals surface area contributed by atoms with E-state index < -0.39 is 16.7 Å². The summed E-state index contributed by atoms with van der Waals surface area (Å²) in [5.74, 6) is 0.0500. The highest BCUT2D eigenvalue weighted by atomic mass is 32.2. The van der Waals surface area contributed by atoms with E-state index in [1.165, 1.54) is 30.1 Å². The lowest BCUT2D eigenvalue weighted by atomic mass is 10.1. The van der Waals surface area contributed by atoms with Crippen LogP contribution in [0.1, 0.15) is 21.7 Å². The van der Waals surface area contributed by atoms with Gasteiger partial charge in [0.05, 0.1) is 12.3 Å². The first-order valence-electron chi connectivity index (χ1n) is 7.68. The van der Waals surface area contributed by atoms with Crippen molar-refractivity contribution in [1.82, 2.24) is 15.4 Å². The van der Waals surface area contributed by atoms with Gasteiger partial charge >= 0.3 is 5.88 Å². The van der Waals surface area contributed by atoms with E-state index in [1.807, 2.05) is 12.1 Å². The van der Waals surface area contributed by atoms with Crippen LogP contribution in [0.4, 0.5) is 5.88 Å². The van der Waals surface area contributed by atoms with Crippen molar-refractivity contribution >= 4 is 29.8 Å². The number of aromatic nitrogens is 2. The zero-order chi connectivity index (χ0) is 19.1. The number of hydrazone groups is 1. The molecule has 3 rings (SSSR count). The number of furan rings is 1. The largest absolute Gasteiger partial charge is 0.433 e. The molecule has 1 aromatic carbocycles. The molecule has 3 aromatic rings. The number of carbonyl (C=O) groups is 1. The molecule has 0 atom stereocenters. The smallest absolute Gasteiger partial charge is 0.400 e. The molecule has 0 spiro atoms. The van der Waals surface area contributed by atoms with E-state index in [2.05, 4.69) is 20.5 Å². The van der Waals surface area contributed by atoms with E-state index in [0.29, 0.717) is 16.5 Å². The number of hydrogen-bond donors (Lipinski definition) is 1. The average Bonchev–Trinajstić information content (AvgIpc) is 3.17. The van der Waals surface area contributed by atoms with E-state index >= 15 is 0 Å². The van der Waals surface area contributed by atoms with Crippen LogP contribution in [-0.2, 0) is 5.75 Å². The maximum atomic E-state index is 12.1. The molecule has 2 heterocycles. The van der Waals surface area contributed by atoms with Crippen LogP contribution in [0.5, 0.6) is 0 Å². The Balaban J connectivity index is 1.52. The summed E-state index contributed by atoms with van der Waals surface area (Å²) >= 11 is 1.50. The van der Waals surface area contributed by atoms with Crippen molar-refractivity contribution in [2.45, 2.75) is 10.9 Å². The minimum absolute atomic E-state index is 0.164. The van der Waals surface area contributed by atoms with Crippen LogP contribution in [0.15, 0.2) is 69.5 Å². The van der Waals surface area contributed by atoms with Gasteiger partial charge < -0.3 is 4.42 Å². The summed E-state index contributed by atoms with van der Waals surface area (Å²) in [6, 6.07) is 11.4. The van der Waals surface area contributed by atoms with Crippen molar-refractivity contribution in [2.75, 3.05) is 0 Å². The molecule has 27 heavy (non-hydrogen) atoms. The van der Waals surface area contributed by atoms with E-state index in [4.69, 9.17) is 4.42 Å². The Morgan fingerprint density at radius 1 is 1.22 bits per heavy atom. The normalized spacial score (nSPS) is 10.8. The lowest BCUT2D eigenvalue weighted by molar-refractivity contribution is -0.402. The summed E-state index contributed by atoms with van der Waals surface area (Å²) in [6.07, 6.45) is 4.56. The minimum Gasteiger partial charge on any atom is -0.400 e. The maximum absolute atomic E-state index is 12.1. The Morgan fingerprint density at radius 3 is 2.63 bits per heavy atom. The third-order valence-electron chi connectivity index (χ3n) is 3.28. The topological polar surface area (TPSA) is 124 Å². The molecule has 10 heteroatoms. The second-order valence-corrected chi connectivity index (χ2v) is 6.09. The summed E-state index contributed by atoms with van der Waals surface area (Å²) in [4.78, 5) is 30.2. The summed E-state index contributed by atoms with van der Waals surface area (Å²) in [5.41, 5.74) is 3.79. The molecular formula is C17H13N5O4S. The molecule has 0 aliphatic rings. The molecule has 1 amide bonds. The molecule has 0 saturated heterocycles. The van der Waals surface area contributed by atoms with Gasteiger partial charge in [-0.05, 0) is 29.8 Å². The van der Waals surface area contributed by atoms with Crippen LogP contribution in [0.25, 0.3) is 0 Å². The van der Waals surface area contributed by atoms with Gasteiger partial charge in [-0.2, -0.15) is 5.10 Å². The summed E-state index contributed by atoms with van der Waals surface area (Å²) in [7, 11) is 0. The maximum Gasteiger partial charge on any atom is 0.433 e. The van der Waals surface area contributed by atoms with Crippen LogP contribution >= 0.6 is 11.8 Å². The Hall–Kier alpha value is -3.53. The number of rotatable bonds is 7. The van der Waals surface area contributed by atoms with Crippen molar-refractivity contribution < 1.29 is 14.1 Å². The highest BCUT2D eigenvalue weighted by Gasteiger charge is 2.10. The van der Waals surface area contributed by atoms with Crippen LogP contribution in [0.3, 0.4) is 0 Å². The molecule has 0 bridgehead atoms. The molecule has 136 valence electrons. The lowest BCUT2D eigenvalue weighted by Crippen LogP contribution is -2.17. The van der Waals surface area contributed by atoms with Crippen LogP contribution in [-0.4, -0.2) is 27.0 Å². The first-order chi connectivity index (χ1) is 13.1. The highest BCUT2D eigenvalue weighted by molar-refractivity contribution is 7.98. The molecule has 1 N–H and O–H groups in total. The summed E-state index contributed by atoms with van der Waals surface area (Å²) in [5, 5.41) is 14.9. The lowest BCUT2D eigenvalue weighted by Gasteiger charge is -2.03. The average molecular weight is 383 g/mol. The fourth-order valence-corrected chi connectivity index (χ4v) is 2.75. The number of nitro groups is 1. The third-order valence-corrected chi connectivity index (χ3v) is 4.22. The van der Waals surface area contributed by atoms with Gasteiger partial charge in [-0.1, -0.05) is 23.9 Å². The van der Waals surface area contributed by atoms with Crippen molar-refractivity contribution in [3.63, 3.8) is 0 Å². The van der Waals surface area contributed by atoms with Crippen LogP contribution < -0.4 is 5.43 Å². The van der Waals surface area contributed by atoms with Gasteiger partial charge in [0.25, 0.3) is 5.91 Å². The molecular weight excluding hydrogens is 370 g/mol. The number of thioether (sulfide) groups is 1. The monoisotopic (exact) mass is 383 g/mol. The van der Waals surface area contributed by atoms with Crippen molar-refractivity contribution in [1.29, 1.82) is 0 Å². The van der Waals surface area contributed by atoms with Crippen molar-refractivity contribution in [2.24, 2.45) is 5.10 Å². The second kappa shape index (κ2) is 8.72. The van der Waals surface area contributed by atoms with Gasteiger partial charge in [-0.25, -0.2) is 15.4 Å². The Morgan fingerprint density at radius 2 is 1.96 bits per heavy atom. The second-order valence-electron chi connectivity index (χ2n) is 5.15. The van der Waals surface area contributed by atoms with Gasteiger partial charge in [-0.15, -0.1) is 0 Å². The molecule has 0 radical (unpaired) electrons. The molecule has 2 aromatic heterocycles. The molecule has 0 unspecified atom stereocenters. The number of nitrogens with one attached hydrogen (secondary N) is 1. The predicted octanol–water partition coefficient (Wildman–Crippen LogP) is 3.03. The molecule has 9 nitrogen and oxygen atoms in total. The Kier molecular flexibility index (Phi) is 5.90. The third kappa shape index (κ3) is 5.22. The first-order valence-corrected chi connectivity index (χ1v) is 8.67. The van der Waals surface area contributed by atoms with Gasteiger partial charge in [0.1, 0.15) is 4.92 Å². The van der Waals surface area contributed by atoms with Crippen molar-refractivity contribution in [3.8, 4) is 0 Å². The summed E-state index contributed by atoms with van der Waals surface area (Å²) in [6.45, 7) is 0. The predicted molar refractivity (Wildman–Crippen MR) is 98.5 cm³/mol. The summed E-state index contributed by atoms with van der Waals surface area (Å²) < 4.78 is 4.90. The Labute approximate surface area is 157 Å². The molecule has 0 saturated carbocycles.